The number of H-pyrrole nitrogens is 1. The molecule has 0 bridgehead atoms. The van der Waals surface area contributed by atoms with E-state index in [-0.39, 0.29) is 23.1 Å². The Balaban J connectivity index is 1.49. The van der Waals surface area contributed by atoms with Crippen LogP contribution in [0.25, 0.3) is 10.9 Å². The summed E-state index contributed by atoms with van der Waals surface area (Å²) >= 11 is 0. The van der Waals surface area contributed by atoms with E-state index in [2.05, 4.69) is 4.98 Å². The lowest BCUT2D eigenvalue weighted by Gasteiger charge is -2.34. The minimum Gasteiger partial charge on any atom is -0.459 e. The van der Waals surface area contributed by atoms with Gasteiger partial charge >= 0.3 is 0 Å². The molecule has 1 aliphatic heterocycles. The highest BCUT2D eigenvalue weighted by molar-refractivity contribution is 5.97. The first-order chi connectivity index (χ1) is 12.6. The highest BCUT2D eigenvalue weighted by atomic mass is 16.3. The number of piperazine rings is 1. The number of hydrogen-bond acceptors (Lipinski definition) is 4. The molecule has 3 heterocycles. The van der Waals surface area contributed by atoms with Gasteiger partial charge in [-0.2, -0.15) is 0 Å². The number of nitrogens with one attached hydrogen (secondary N) is 1. The quantitative estimate of drug-likeness (QED) is 0.762. The van der Waals surface area contributed by atoms with E-state index in [1.807, 2.05) is 18.2 Å². The predicted octanol–water partition coefficient (Wildman–Crippen LogP) is 1.72. The minimum absolute atomic E-state index is 0.120. The number of furan rings is 1. The molecule has 1 N–H and O–H groups in total. The monoisotopic (exact) mass is 351 g/mol. The number of fused-ring (bicyclic) bond motifs is 1. The molecule has 2 aromatic heterocycles. The van der Waals surface area contributed by atoms with Crippen molar-refractivity contribution in [1.29, 1.82) is 0 Å². The molecule has 3 aromatic rings. The van der Waals surface area contributed by atoms with Crippen molar-refractivity contribution in [3.8, 4) is 0 Å². The van der Waals surface area contributed by atoms with Crippen molar-refractivity contribution in [2.24, 2.45) is 0 Å². The van der Waals surface area contributed by atoms with Gasteiger partial charge in [0, 0.05) is 31.7 Å². The first-order valence-corrected chi connectivity index (χ1v) is 8.37. The molecule has 0 radical (unpaired) electrons. The summed E-state index contributed by atoms with van der Waals surface area (Å²) in [7, 11) is 0. The standard InChI is InChI=1S/C19H17N3O4/c23-17-14(12-13-4-1-2-5-15(13)20-17)18(24)21-7-9-22(10-8-21)19(25)16-6-3-11-26-16/h1-6,11-12H,7-10H2,(H,20,23). The van der Waals surface area contributed by atoms with Gasteiger partial charge in [-0.25, -0.2) is 0 Å². The van der Waals surface area contributed by atoms with E-state index in [0.29, 0.717) is 31.7 Å². The van der Waals surface area contributed by atoms with Crippen molar-refractivity contribution in [1.82, 2.24) is 14.8 Å². The number of nitrogens with zero attached hydrogens (tertiary/aromatic N) is 2. The second kappa shape index (κ2) is 6.51. The zero-order chi connectivity index (χ0) is 18.1. The second-order valence-electron chi connectivity index (χ2n) is 6.16. The van der Waals surface area contributed by atoms with Crippen LogP contribution in [0, 0.1) is 0 Å². The van der Waals surface area contributed by atoms with E-state index in [0.717, 1.165) is 5.39 Å². The summed E-state index contributed by atoms with van der Waals surface area (Å²) < 4.78 is 5.13. The molecule has 0 unspecified atom stereocenters. The van der Waals surface area contributed by atoms with E-state index in [4.69, 9.17) is 4.42 Å². The summed E-state index contributed by atoms with van der Waals surface area (Å²) in [6, 6.07) is 12.2. The van der Waals surface area contributed by atoms with Crippen LogP contribution in [0.15, 0.2) is 57.9 Å². The molecule has 0 spiro atoms. The average Bonchev–Trinajstić information content (AvgIpc) is 3.21. The Morgan fingerprint density at radius 3 is 2.31 bits per heavy atom. The van der Waals surface area contributed by atoms with Crippen molar-refractivity contribution < 1.29 is 14.0 Å². The Hall–Kier alpha value is -3.35. The maximum atomic E-state index is 12.8. The summed E-state index contributed by atoms with van der Waals surface area (Å²) in [6.07, 6.45) is 1.46. The number of aromatic nitrogens is 1. The summed E-state index contributed by atoms with van der Waals surface area (Å²) in [5.74, 6) is -0.219. The van der Waals surface area contributed by atoms with Crippen molar-refractivity contribution in [3.63, 3.8) is 0 Å². The SMILES string of the molecule is O=C(c1ccco1)N1CCN(C(=O)c2cc3ccccc3[nH]c2=O)CC1. The molecule has 1 aliphatic rings. The fraction of sp³-hybridized carbons (Fsp3) is 0.211. The van der Waals surface area contributed by atoms with Crippen LogP contribution in [-0.2, 0) is 0 Å². The van der Waals surface area contributed by atoms with Gasteiger partial charge in [-0.3, -0.25) is 14.4 Å². The van der Waals surface area contributed by atoms with Crippen LogP contribution in [0.4, 0.5) is 0 Å². The van der Waals surface area contributed by atoms with Gasteiger partial charge in [0.05, 0.1) is 6.26 Å². The van der Waals surface area contributed by atoms with E-state index in [9.17, 15) is 14.4 Å². The summed E-state index contributed by atoms with van der Waals surface area (Å²) in [5, 5.41) is 0.807. The molecular weight excluding hydrogens is 334 g/mol. The average molecular weight is 351 g/mol. The maximum absolute atomic E-state index is 12.8. The Kier molecular flexibility index (Phi) is 4.04. The number of rotatable bonds is 2. The number of amides is 2. The van der Waals surface area contributed by atoms with E-state index in [1.165, 1.54) is 6.26 Å². The summed E-state index contributed by atoms with van der Waals surface area (Å²) in [4.78, 5) is 43.3. The van der Waals surface area contributed by atoms with Gasteiger partial charge in [-0.05, 0) is 29.7 Å². The molecule has 4 rings (SSSR count). The van der Waals surface area contributed by atoms with Crippen molar-refractivity contribution in [2.45, 2.75) is 0 Å². The fourth-order valence-corrected chi connectivity index (χ4v) is 3.15. The third-order valence-electron chi connectivity index (χ3n) is 4.57. The van der Waals surface area contributed by atoms with Gasteiger partial charge in [-0.15, -0.1) is 0 Å². The molecular formula is C19H17N3O4. The van der Waals surface area contributed by atoms with E-state index < -0.39 is 5.56 Å². The number of carbonyl (C=O) groups is 2. The second-order valence-corrected chi connectivity index (χ2v) is 6.16. The van der Waals surface area contributed by atoms with Gasteiger partial charge in [0.25, 0.3) is 17.4 Å². The summed E-state index contributed by atoms with van der Waals surface area (Å²) in [5.41, 5.74) is 0.417. The van der Waals surface area contributed by atoms with Crippen LogP contribution >= 0.6 is 0 Å². The lowest BCUT2D eigenvalue weighted by Crippen LogP contribution is -2.51. The number of aromatic amines is 1. The van der Waals surface area contributed by atoms with Crippen LogP contribution in [0.2, 0.25) is 0 Å². The van der Waals surface area contributed by atoms with Gasteiger partial charge in [0.15, 0.2) is 5.76 Å². The highest BCUT2D eigenvalue weighted by Gasteiger charge is 2.27. The Labute approximate surface area is 148 Å². The normalized spacial score (nSPS) is 14.6. The Morgan fingerprint density at radius 2 is 1.62 bits per heavy atom. The lowest BCUT2D eigenvalue weighted by atomic mass is 10.1. The Morgan fingerprint density at radius 1 is 0.923 bits per heavy atom. The minimum atomic E-state index is -0.400. The van der Waals surface area contributed by atoms with Gasteiger partial charge in [0.1, 0.15) is 5.56 Å². The van der Waals surface area contributed by atoms with Crippen LogP contribution in [-0.4, -0.2) is 52.8 Å². The molecule has 0 aliphatic carbocycles. The van der Waals surface area contributed by atoms with Crippen LogP contribution in [0.5, 0.6) is 0 Å². The van der Waals surface area contributed by atoms with Crippen LogP contribution in [0.3, 0.4) is 0 Å². The zero-order valence-corrected chi connectivity index (χ0v) is 14.0. The van der Waals surface area contributed by atoms with Crippen molar-refractivity contribution in [3.05, 3.63) is 70.4 Å². The van der Waals surface area contributed by atoms with Gasteiger partial charge < -0.3 is 19.2 Å². The van der Waals surface area contributed by atoms with Gasteiger partial charge in [0.2, 0.25) is 0 Å². The molecule has 1 aromatic carbocycles. The molecule has 1 fully saturated rings. The first kappa shape index (κ1) is 16.1. The lowest BCUT2D eigenvalue weighted by molar-refractivity contribution is 0.0517. The van der Waals surface area contributed by atoms with Crippen LogP contribution < -0.4 is 5.56 Å². The topological polar surface area (TPSA) is 86.6 Å². The molecule has 2 amide bonds. The Bertz CT molecular complexity index is 1010. The molecule has 0 saturated carbocycles. The number of pyridine rings is 1. The number of para-hydroxylation sites is 1. The third kappa shape index (κ3) is 2.88. The zero-order valence-electron chi connectivity index (χ0n) is 14.0. The summed E-state index contributed by atoms with van der Waals surface area (Å²) in [6.45, 7) is 1.54. The molecule has 7 heteroatoms. The van der Waals surface area contributed by atoms with E-state index >= 15 is 0 Å². The third-order valence-corrected chi connectivity index (χ3v) is 4.57. The number of carbonyl (C=O) groups excluding carboxylic acids is 2. The largest absolute Gasteiger partial charge is 0.459 e. The first-order valence-electron chi connectivity index (χ1n) is 8.37. The molecule has 7 nitrogen and oxygen atoms in total. The van der Waals surface area contributed by atoms with Gasteiger partial charge in [-0.1, -0.05) is 18.2 Å². The molecule has 0 atom stereocenters. The van der Waals surface area contributed by atoms with Crippen molar-refractivity contribution in [2.75, 3.05) is 26.2 Å². The fourth-order valence-electron chi connectivity index (χ4n) is 3.15. The predicted molar refractivity (Wildman–Crippen MR) is 95.1 cm³/mol. The van der Waals surface area contributed by atoms with E-state index in [1.54, 1.807) is 34.1 Å². The number of hydrogen-bond donors (Lipinski definition) is 1. The van der Waals surface area contributed by atoms with Crippen LogP contribution in [0.1, 0.15) is 20.9 Å². The molecule has 1 saturated heterocycles. The number of benzene rings is 1. The smallest absolute Gasteiger partial charge is 0.289 e. The highest BCUT2D eigenvalue weighted by Crippen LogP contribution is 2.14. The maximum Gasteiger partial charge on any atom is 0.289 e. The molecule has 26 heavy (non-hydrogen) atoms. The van der Waals surface area contributed by atoms with Crippen molar-refractivity contribution >= 4 is 22.7 Å². The molecule has 132 valence electrons.